The second-order valence-electron chi connectivity index (χ2n) is 9.21. The van der Waals surface area contributed by atoms with E-state index in [4.69, 9.17) is 16.3 Å². The lowest BCUT2D eigenvalue weighted by atomic mass is 9.82. The molecule has 34 heavy (non-hydrogen) atoms. The standard InChI is InChI=1S/C25H27ClF3N3O2/c26-20-4-1-17(2-5-20)15-30-7-8-32-22-6-3-19(25(27,28)29)13-18(22)14-21(23(32)16-30)24(33)31-9-11-34-12-10-31/h1-6,13,21,23H,7-12,14-16H2/t21-,23-/m0/s1. The molecule has 2 saturated heterocycles. The van der Waals surface area contributed by atoms with Crippen molar-refractivity contribution < 1.29 is 22.7 Å². The highest BCUT2D eigenvalue weighted by Crippen LogP contribution is 2.40. The molecule has 0 unspecified atom stereocenters. The maximum absolute atomic E-state index is 13.6. The number of carbonyl (C=O) groups excluding carboxylic acids is 1. The second kappa shape index (κ2) is 9.40. The molecule has 3 aliphatic heterocycles. The van der Waals surface area contributed by atoms with E-state index in [1.54, 1.807) is 6.07 Å². The number of nitrogens with zero attached hydrogens (tertiary/aromatic N) is 3. The number of hydrogen-bond donors (Lipinski definition) is 0. The van der Waals surface area contributed by atoms with Gasteiger partial charge >= 0.3 is 6.18 Å². The van der Waals surface area contributed by atoms with Crippen LogP contribution in [0.1, 0.15) is 16.7 Å². The van der Waals surface area contributed by atoms with E-state index in [-0.39, 0.29) is 11.9 Å². The zero-order valence-electron chi connectivity index (χ0n) is 18.7. The van der Waals surface area contributed by atoms with Gasteiger partial charge in [-0.2, -0.15) is 13.2 Å². The number of hydrogen-bond acceptors (Lipinski definition) is 4. The van der Waals surface area contributed by atoms with Gasteiger partial charge < -0.3 is 14.5 Å². The molecule has 5 nitrogen and oxygen atoms in total. The number of halogens is 4. The average molecular weight is 494 g/mol. The summed E-state index contributed by atoms with van der Waals surface area (Å²) in [6.07, 6.45) is -4.10. The maximum Gasteiger partial charge on any atom is 0.416 e. The Morgan fingerprint density at radius 1 is 1.03 bits per heavy atom. The zero-order chi connectivity index (χ0) is 23.9. The molecule has 1 amide bonds. The van der Waals surface area contributed by atoms with Gasteiger partial charge in [-0.3, -0.25) is 9.69 Å². The van der Waals surface area contributed by atoms with E-state index in [0.717, 1.165) is 30.4 Å². The summed E-state index contributed by atoms with van der Waals surface area (Å²) in [6.45, 7) is 4.85. The molecule has 5 rings (SSSR count). The van der Waals surface area contributed by atoms with Gasteiger partial charge in [-0.15, -0.1) is 0 Å². The van der Waals surface area contributed by atoms with Crippen LogP contribution in [-0.2, 0) is 28.7 Å². The monoisotopic (exact) mass is 493 g/mol. The summed E-state index contributed by atoms with van der Waals surface area (Å²) in [6, 6.07) is 11.6. The summed E-state index contributed by atoms with van der Waals surface area (Å²) in [5.41, 5.74) is 1.89. The minimum Gasteiger partial charge on any atom is -0.378 e. The molecule has 0 N–H and O–H groups in total. The Hall–Kier alpha value is -2.29. The van der Waals surface area contributed by atoms with Crippen LogP contribution in [0.5, 0.6) is 0 Å². The third kappa shape index (κ3) is 4.76. The predicted octanol–water partition coefficient (Wildman–Crippen LogP) is 4.08. The molecule has 0 aliphatic carbocycles. The largest absolute Gasteiger partial charge is 0.416 e. The normalized spacial score (nSPS) is 23.4. The number of anilines is 1. The third-order valence-corrected chi connectivity index (χ3v) is 7.33. The predicted molar refractivity (Wildman–Crippen MR) is 124 cm³/mol. The second-order valence-corrected chi connectivity index (χ2v) is 9.65. The topological polar surface area (TPSA) is 36.0 Å². The molecule has 182 valence electrons. The summed E-state index contributed by atoms with van der Waals surface area (Å²) >= 11 is 6.02. The zero-order valence-corrected chi connectivity index (χ0v) is 19.5. The minimum absolute atomic E-state index is 0.00899. The van der Waals surface area contributed by atoms with E-state index in [1.165, 1.54) is 6.07 Å². The molecule has 2 aromatic carbocycles. The van der Waals surface area contributed by atoms with Crippen molar-refractivity contribution in [1.29, 1.82) is 0 Å². The molecule has 0 saturated carbocycles. The number of rotatable bonds is 3. The third-order valence-electron chi connectivity index (χ3n) is 7.08. The van der Waals surface area contributed by atoms with Crippen LogP contribution in [0.4, 0.5) is 18.9 Å². The van der Waals surface area contributed by atoms with Gasteiger partial charge in [0.2, 0.25) is 5.91 Å². The van der Waals surface area contributed by atoms with Crippen LogP contribution in [0.25, 0.3) is 0 Å². The summed E-state index contributed by atoms with van der Waals surface area (Å²) in [4.78, 5) is 19.9. The first-order chi connectivity index (χ1) is 16.3. The number of benzene rings is 2. The van der Waals surface area contributed by atoms with Gasteiger partial charge in [0.25, 0.3) is 0 Å². The average Bonchev–Trinajstić information content (AvgIpc) is 2.84. The smallest absolute Gasteiger partial charge is 0.378 e. The van der Waals surface area contributed by atoms with Crippen molar-refractivity contribution in [3.63, 3.8) is 0 Å². The van der Waals surface area contributed by atoms with E-state index >= 15 is 0 Å². The van der Waals surface area contributed by atoms with E-state index in [2.05, 4.69) is 9.80 Å². The Bertz CT molecular complexity index is 1040. The van der Waals surface area contributed by atoms with E-state index in [9.17, 15) is 18.0 Å². The van der Waals surface area contributed by atoms with Crippen molar-refractivity contribution in [3.05, 3.63) is 64.2 Å². The quantitative estimate of drug-likeness (QED) is 0.645. The Morgan fingerprint density at radius 2 is 1.76 bits per heavy atom. The molecule has 0 radical (unpaired) electrons. The first-order valence-electron chi connectivity index (χ1n) is 11.6. The van der Waals surface area contributed by atoms with Crippen LogP contribution < -0.4 is 4.90 Å². The number of alkyl halides is 3. The highest BCUT2D eigenvalue weighted by molar-refractivity contribution is 6.30. The number of ether oxygens (including phenoxy) is 1. The molecule has 9 heteroatoms. The summed E-state index contributed by atoms with van der Waals surface area (Å²) in [7, 11) is 0. The van der Waals surface area contributed by atoms with Crippen LogP contribution >= 0.6 is 11.6 Å². The molecule has 3 heterocycles. The molecule has 2 atom stereocenters. The molecule has 0 bridgehead atoms. The van der Waals surface area contributed by atoms with Crippen molar-refractivity contribution in [1.82, 2.24) is 9.80 Å². The van der Waals surface area contributed by atoms with Gasteiger partial charge in [0.15, 0.2) is 0 Å². The van der Waals surface area contributed by atoms with Gasteiger partial charge in [0, 0.05) is 50.0 Å². The summed E-state index contributed by atoms with van der Waals surface area (Å²) in [5.74, 6) is -0.392. The number of carbonyl (C=O) groups is 1. The molecule has 3 aliphatic rings. The molecule has 0 aromatic heterocycles. The number of fused-ring (bicyclic) bond motifs is 3. The van der Waals surface area contributed by atoms with Crippen LogP contribution in [0.3, 0.4) is 0 Å². The van der Waals surface area contributed by atoms with E-state index in [0.29, 0.717) is 56.4 Å². The highest BCUT2D eigenvalue weighted by atomic mass is 35.5. The van der Waals surface area contributed by atoms with Crippen molar-refractivity contribution in [3.8, 4) is 0 Å². The van der Waals surface area contributed by atoms with E-state index in [1.807, 2.05) is 29.2 Å². The molecule has 2 fully saturated rings. The molecule has 0 spiro atoms. The lowest BCUT2D eigenvalue weighted by Crippen LogP contribution is -2.61. The minimum atomic E-state index is -4.41. The van der Waals surface area contributed by atoms with Gasteiger partial charge in [0.05, 0.1) is 30.7 Å². The summed E-state index contributed by atoms with van der Waals surface area (Å²) < 4.78 is 45.6. The SMILES string of the molecule is O=C([C@H]1Cc2cc(C(F)(F)F)ccc2N2CCN(Cc3ccc(Cl)cc3)C[C@@H]12)N1CCOCC1. The van der Waals surface area contributed by atoms with Crippen molar-refractivity contribution in [2.24, 2.45) is 5.92 Å². The fraction of sp³-hybridized carbons (Fsp3) is 0.480. The van der Waals surface area contributed by atoms with E-state index < -0.39 is 17.7 Å². The van der Waals surface area contributed by atoms with Crippen molar-refractivity contribution in [2.75, 3.05) is 50.8 Å². The van der Waals surface area contributed by atoms with Crippen LogP contribution in [0.15, 0.2) is 42.5 Å². The van der Waals surface area contributed by atoms with Gasteiger partial charge in [-0.1, -0.05) is 23.7 Å². The van der Waals surface area contributed by atoms with Crippen LogP contribution in [0, 0.1) is 5.92 Å². The Morgan fingerprint density at radius 3 is 2.47 bits per heavy atom. The highest BCUT2D eigenvalue weighted by Gasteiger charge is 2.44. The lowest BCUT2D eigenvalue weighted by molar-refractivity contribution is -0.141. The van der Waals surface area contributed by atoms with Crippen molar-refractivity contribution >= 4 is 23.2 Å². The number of piperazine rings is 1. The number of morpholine rings is 1. The van der Waals surface area contributed by atoms with Crippen LogP contribution in [-0.4, -0.2) is 67.7 Å². The van der Waals surface area contributed by atoms with Gasteiger partial charge in [-0.05, 0) is 47.9 Å². The fourth-order valence-corrected chi connectivity index (χ4v) is 5.48. The Labute approximate surface area is 202 Å². The fourth-order valence-electron chi connectivity index (χ4n) is 5.35. The Balaban J connectivity index is 1.43. The Kier molecular flexibility index (Phi) is 6.48. The first-order valence-corrected chi connectivity index (χ1v) is 12.0. The number of amides is 1. The molecular weight excluding hydrogens is 467 g/mol. The maximum atomic E-state index is 13.6. The molecular formula is C25H27ClF3N3O2. The van der Waals surface area contributed by atoms with Gasteiger partial charge in [0.1, 0.15) is 0 Å². The first kappa shape index (κ1) is 23.5. The van der Waals surface area contributed by atoms with Gasteiger partial charge in [-0.25, -0.2) is 0 Å². The van der Waals surface area contributed by atoms with Crippen LogP contribution in [0.2, 0.25) is 5.02 Å². The molecule has 2 aromatic rings. The summed E-state index contributed by atoms with van der Waals surface area (Å²) in [5, 5.41) is 0.687. The van der Waals surface area contributed by atoms with Crippen molar-refractivity contribution in [2.45, 2.75) is 25.2 Å². The lowest BCUT2D eigenvalue weighted by Gasteiger charge is -2.50.